The first-order valence-corrected chi connectivity index (χ1v) is 12.2. The Balaban J connectivity index is 1.18. The molecule has 1 aliphatic heterocycles. The van der Waals surface area contributed by atoms with Crippen LogP contribution in [0.5, 0.6) is 0 Å². The highest BCUT2D eigenvalue weighted by atomic mass is 16.5. The highest BCUT2D eigenvalue weighted by Gasteiger charge is 2.67. The fourth-order valence-electron chi connectivity index (χ4n) is 6.17. The third-order valence-electron chi connectivity index (χ3n) is 7.85. The van der Waals surface area contributed by atoms with Gasteiger partial charge < -0.3 is 10.1 Å². The molecule has 2 bridgehead atoms. The zero-order valence-electron chi connectivity index (χ0n) is 19.3. The summed E-state index contributed by atoms with van der Waals surface area (Å²) in [5, 5.41) is 2.80. The summed E-state index contributed by atoms with van der Waals surface area (Å²) < 4.78 is 5.12. The second-order valence-corrected chi connectivity index (χ2v) is 9.88. The normalized spacial score (nSPS) is 29.6. The molecular weight excluding hydrogens is 444 g/mol. The molecule has 2 aromatic carbocycles. The standard InChI is InChI=1S/C28H26N2O5/c1-2-12-35-28(34)15-6-8-17(9-7-15)29-25(31)16-4-3-5-18(13-16)30-26(32)23-19-10-11-20(22-14-21(19)22)24(23)27(30)33/h3-11,13,19-24H,2,12,14H2,1H3,(H,29,31)/t19-,20-,21-,22+,23+,24+/m0/s1. The Labute approximate surface area is 203 Å². The maximum atomic E-state index is 13.4. The number of rotatable bonds is 6. The van der Waals surface area contributed by atoms with Gasteiger partial charge in [-0.1, -0.05) is 25.1 Å². The number of anilines is 2. The SMILES string of the molecule is CCCOC(=O)c1ccc(NC(=O)c2cccc(N3C(=O)[C@@H]4[C@H]5C=C[C@@H]([C@@H]6C[C@H]56)[C@H]4C3=O)c2)cc1. The molecule has 0 radical (unpaired) electrons. The number of benzene rings is 2. The lowest BCUT2D eigenvalue weighted by molar-refractivity contribution is -0.124. The molecule has 1 heterocycles. The van der Waals surface area contributed by atoms with Crippen LogP contribution < -0.4 is 10.2 Å². The van der Waals surface area contributed by atoms with Crippen molar-refractivity contribution < 1.29 is 23.9 Å². The van der Waals surface area contributed by atoms with Gasteiger partial charge in [0.15, 0.2) is 0 Å². The Morgan fingerprint density at radius 2 is 1.60 bits per heavy atom. The van der Waals surface area contributed by atoms with Crippen molar-refractivity contribution in [1.29, 1.82) is 0 Å². The van der Waals surface area contributed by atoms with Gasteiger partial charge in [-0.25, -0.2) is 9.69 Å². The van der Waals surface area contributed by atoms with E-state index < -0.39 is 5.97 Å². The third kappa shape index (κ3) is 3.49. The monoisotopic (exact) mass is 470 g/mol. The number of carbonyl (C=O) groups excluding carboxylic acids is 4. The summed E-state index contributed by atoms with van der Waals surface area (Å²) in [4.78, 5) is 52.9. The average molecular weight is 471 g/mol. The Hall–Kier alpha value is -3.74. The van der Waals surface area contributed by atoms with Gasteiger partial charge in [0.2, 0.25) is 11.8 Å². The number of ether oxygens (including phenoxy) is 1. The number of allylic oxidation sites excluding steroid dienone is 2. The molecular formula is C28H26N2O5. The van der Waals surface area contributed by atoms with Crippen molar-refractivity contribution >= 4 is 35.1 Å². The lowest BCUT2D eigenvalue weighted by Crippen LogP contribution is -2.40. The van der Waals surface area contributed by atoms with Gasteiger partial charge >= 0.3 is 5.97 Å². The second-order valence-electron chi connectivity index (χ2n) is 9.88. The molecule has 178 valence electrons. The minimum atomic E-state index is -0.404. The Kier molecular flexibility index (Phi) is 5.09. The number of nitrogens with one attached hydrogen (secondary N) is 1. The highest BCUT2D eigenvalue weighted by molar-refractivity contribution is 6.23. The summed E-state index contributed by atoms with van der Waals surface area (Å²) in [6.45, 7) is 2.28. The van der Waals surface area contributed by atoms with Crippen LogP contribution in [-0.2, 0) is 14.3 Å². The van der Waals surface area contributed by atoms with Gasteiger partial charge in [-0.15, -0.1) is 0 Å². The summed E-state index contributed by atoms with van der Waals surface area (Å²) in [7, 11) is 0. The lowest BCUT2D eigenvalue weighted by Gasteiger charge is -2.37. The smallest absolute Gasteiger partial charge is 0.338 e. The number of esters is 1. The summed E-state index contributed by atoms with van der Waals surface area (Å²) in [6.07, 6.45) is 6.15. The first-order chi connectivity index (χ1) is 17.0. The molecule has 0 unspecified atom stereocenters. The quantitative estimate of drug-likeness (QED) is 0.390. The van der Waals surface area contributed by atoms with Crippen LogP contribution in [0.15, 0.2) is 60.7 Å². The Morgan fingerprint density at radius 3 is 2.23 bits per heavy atom. The summed E-state index contributed by atoms with van der Waals surface area (Å²) in [5.74, 6) is -0.218. The van der Waals surface area contributed by atoms with Crippen molar-refractivity contribution in [2.75, 3.05) is 16.8 Å². The molecule has 7 heteroatoms. The second kappa shape index (κ2) is 8.18. The van der Waals surface area contributed by atoms with Crippen LogP contribution in [0.4, 0.5) is 11.4 Å². The molecule has 0 aromatic heterocycles. The first-order valence-electron chi connectivity index (χ1n) is 12.2. The largest absolute Gasteiger partial charge is 0.462 e. The minimum Gasteiger partial charge on any atom is -0.462 e. The zero-order valence-corrected chi connectivity index (χ0v) is 19.3. The van der Waals surface area contributed by atoms with E-state index in [1.165, 1.54) is 4.90 Å². The molecule has 35 heavy (non-hydrogen) atoms. The zero-order chi connectivity index (χ0) is 24.3. The molecule has 2 aromatic rings. The molecule has 7 nitrogen and oxygen atoms in total. The molecule has 0 spiro atoms. The fraction of sp³-hybridized carbons (Fsp3) is 0.357. The number of carbonyl (C=O) groups is 4. The number of nitrogens with zero attached hydrogens (tertiary/aromatic N) is 1. The van der Waals surface area contributed by atoms with Gasteiger partial charge in [0, 0.05) is 11.3 Å². The third-order valence-corrected chi connectivity index (χ3v) is 7.85. The van der Waals surface area contributed by atoms with E-state index >= 15 is 0 Å². The van der Waals surface area contributed by atoms with Gasteiger partial charge in [0.05, 0.1) is 29.7 Å². The predicted octanol–water partition coefficient (Wildman–Crippen LogP) is 4.06. The number of hydrogen-bond acceptors (Lipinski definition) is 5. The van der Waals surface area contributed by atoms with E-state index in [2.05, 4.69) is 17.5 Å². The Bertz CT molecular complexity index is 1230. The molecule has 1 saturated heterocycles. The van der Waals surface area contributed by atoms with Gasteiger partial charge in [0.1, 0.15) is 0 Å². The van der Waals surface area contributed by atoms with Gasteiger partial charge in [-0.2, -0.15) is 0 Å². The van der Waals surface area contributed by atoms with Gasteiger partial charge in [-0.05, 0) is 79.0 Å². The van der Waals surface area contributed by atoms with E-state index in [0.717, 1.165) is 12.8 Å². The molecule has 3 amide bonds. The maximum Gasteiger partial charge on any atom is 0.338 e. The molecule has 2 saturated carbocycles. The number of hydrogen-bond donors (Lipinski definition) is 1. The highest BCUT2D eigenvalue weighted by Crippen LogP contribution is 2.65. The summed E-state index contributed by atoms with van der Waals surface area (Å²) in [5.41, 5.74) is 1.71. The predicted molar refractivity (Wildman–Crippen MR) is 129 cm³/mol. The summed E-state index contributed by atoms with van der Waals surface area (Å²) in [6, 6.07) is 13.1. The van der Waals surface area contributed by atoms with Gasteiger partial charge in [0.25, 0.3) is 5.91 Å². The van der Waals surface area contributed by atoms with E-state index in [0.29, 0.717) is 40.9 Å². The van der Waals surface area contributed by atoms with Crippen LogP contribution in [0.1, 0.15) is 40.5 Å². The van der Waals surface area contributed by atoms with E-state index in [1.807, 2.05) is 6.92 Å². The van der Waals surface area contributed by atoms with Crippen LogP contribution in [0.2, 0.25) is 0 Å². The van der Waals surface area contributed by atoms with Crippen LogP contribution >= 0.6 is 0 Å². The molecule has 1 N–H and O–H groups in total. The topological polar surface area (TPSA) is 92.8 Å². The van der Waals surface area contributed by atoms with Crippen LogP contribution in [0.3, 0.4) is 0 Å². The number of amides is 3. The van der Waals surface area contributed by atoms with Crippen LogP contribution in [0, 0.1) is 35.5 Å². The summed E-state index contributed by atoms with van der Waals surface area (Å²) >= 11 is 0. The molecule has 5 aliphatic rings. The van der Waals surface area contributed by atoms with Crippen molar-refractivity contribution in [1.82, 2.24) is 0 Å². The van der Waals surface area contributed by atoms with Crippen molar-refractivity contribution in [3.63, 3.8) is 0 Å². The minimum absolute atomic E-state index is 0.146. The first kappa shape index (κ1) is 21.8. The van der Waals surface area contributed by atoms with Crippen molar-refractivity contribution in [2.24, 2.45) is 35.5 Å². The fourth-order valence-corrected chi connectivity index (χ4v) is 6.17. The van der Waals surface area contributed by atoms with E-state index in [-0.39, 0.29) is 41.4 Å². The average Bonchev–Trinajstić information content (AvgIpc) is 3.66. The van der Waals surface area contributed by atoms with Gasteiger partial charge in [-0.3, -0.25) is 14.4 Å². The van der Waals surface area contributed by atoms with E-state index in [4.69, 9.17) is 4.74 Å². The lowest BCUT2D eigenvalue weighted by atomic mass is 9.63. The molecule has 6 atom stereocenters. The van der Waals surface area contributed by atoms with Crippen molar-refractivity contribution in [3.05, 3.63) is 71.8 Å². The van der Waals surface area contributed by atoms with Crippen molar-refractivity contribution in [3.8, 4) is 0 Å². The Morgan fingerprint density at radius 1 is 0.943 bits per heavy atom. The van der Waals surface area contributed by atoms with Crippen LogP contribution in [0.25, 0.3) is 0 Å². The molecule has 7 rings (SSSR count). The van der Waals surface area contributed by atoms with Crippen LogP contribution in [-0.4, -0.2) is 30.3 Å². The maximum absolute atomic E-state index is 13.4. The van der Waals surface area contributed by atoms with Crippen molar-refractivity contribution in [2.45, 2.75) is 19.8 Å². The van der Waals surface area contributed by atoms with E-state index in [9.17, 15) is 19.2 Å². The molecule has 4 aliphatic carbocycles. The molecule has 3 fully saturated rings. The van der Waals surface area contributed by atoms with E-state index in [1.54, 1.807) is 48.5 Å². The number of imide groups is 1.